The van der Waals surface area contributed by atoms with Gasteiger partial charge in [-0.1, -0.05) is 12.1 Å². The van der Waals surface area contributed by atoms with E-state index in [1.54, 1.807) is 11.1 Å². The van der Waals surface area contributed by atoms with Crippen molar-refractivity contribution in [2.75, 3.05) is 13.1 Å². The molecule has 0 aliphatic carbocycles. The number of hydrogen-bond donors (Lipinski definition) is 1. The number of fused-ring (bicyclic) bond motifs is 2. The van der Waals surface area contributed by atoms with Crippen LogP contribution in [-0.4, -0.2) is 61.0 Å². The Morgan fingerprint density at radius 2 is 1.91 bits per heavy atom. The van der Waals surface area contributed by atoms with E-state index >= 15 is 0 Å². The van der Waals surface area contributed by atoms with Gasteiger partial charge in [0, 0.05) is 37.5 Å². The first-order chi connectivity index (χ1) is 16.6. The molecule has 5 heterocycles. The van der Waals surface area contributed by atoms with Gasteiger partial charge >= 0.3 is 0 Å². The number of carbonyl (C=O) groups excluding carboxylic acids is 3. The summed E-state index contributed by atoms with van der Waals surface area (Å²) in [6, 6.07) is 7.48. The summed E-state index contributed by atoms with van der Waals surface area (Å²) in [7, 11) is 0. The van der Waals surface area contributed by atoms with Crippen LogP contribution in [0.4, 0.5) is 0 Å². The number of likely N-dealkylation sites (tertiary alicyclic amines) is 1. The van der Waals surface area contributed by atoms with Crippen LogP contribution >= 0.6 is 0 Å². The number of imidazole rings is 1. The summed E-state index contributed by atoms with van der Waals surface area (Å²) in [5.74, 6) is 0.425. The summed E-state index contributed by atoms with van der Waals surface area (Å²) in [5, 5.41) is 2.36. The lowest BCUT2D eigenvalue weighted by Gasteiger charge is -2.32. The number of hydrogen-bond acceptors (Lipinski definition) is 6. The van der Waals surface area contributed by atoms with Gasteiger partial charge in [0.2, 0.25) is 17.6 Å². The number of aromatic nitrogens is 3. The summed E-state index contributed by atoms with van der Waals surface area (Å²) in [6.07, 6.45) is 8.43. The van der Waals surface area contributed by atoms with Crippen LogP contribution in [0.1, 0.15) is 58.8 Å². The minimum Gasteiger partial charge on any atom is -0.322 e. The third kappa shape index (κ3) is 3.66. The Kier molecular flexibility index (Phi) is 5.13. The molecule has 0 saturated carbocycles. The molecule has 6 rings (SSSR count). The van der Waals surface area contributed by atoms with Crippen LogP contribution in [0.25, 0.3) is 5.78 Å². The van der Waals surface area contributed by atoms with E-state index in [-0.39, 0.29) is 24.1 Å². The molecule has 3 amide bonds. The van der Waals surface area contributed by atoms with Crippen molar-refractivity contribution in [3.8, 4) is 0 Å². The maximum absolute atomic E-state index is 12.9. The molecule has 0 bridgehead atoms. The highest BCUT2D eigenvalue weighted by Crippen LogP contribution is 2.34. The van der Waals surface area contributed by atoms with Gasteiger partial charge in [-0.25, -0.2) is 9.97 Å². The first kappa shape index (κ1) is 21.0. The quantitative estimate of drug-likeness (QED) is 0.599. The number of nitrogens with one attached hydrogen (secondary N) is 1. The highest BCUT2D eigenvalue weighted by molar-refractivity contribution is 6.05. The lowest BCUT2D eigenvalue weighted by Crippen LogP contribution is -2.52. The van der Waals surface area contributed by atoms with Gasteiger partial charge in [-0.2, -0.15) is 0 Å². The standard InChI is InChI=1S/C25H26N6O3/c32-22-5-4-21(23(33)28-22)31-14-18-12-17(2-3-20(18)24(31)34)16-6-10-29(11-7-16)15-19-13-27-25-26-8-1-9-30(19)25/h1-3,8-9,12-13,16,21H,4-7,10-11,14-15H2,(H,28,32,33). The maximum atomic E-state index is 12.9. The number of amides is 3. The second kappa shape index (κ2) is 8.32. The molecular formula is C25H26N6O3. The Bertz CT molecular complexity index is 1290. The highest BCUT2D eigenvalue weighted by Gasteiger charge is 2.39. The summed E-state index contributed by atoms with van der Waals surface area (Å²) in [5.41, 5.74) is 4.06. The molecule has 1 N–H and O–H groups in total. The van der Waals surface area contributed by atoms with Gasteiger partial charge in [0.15, 0.2) is 0 Å². The molecule has 3 aliphatic heterocycles. The van der Waals surface area contributed by atoms with Crippen molar-refractivity contribution >= 4 is 23.5 Å². The van der Waals surface area contributed by atoms with Gasteiger partial charge in [-0.3, -0.25) is 29.0 Å². The molecular weight excluding hydrogens is 432 g/mol. The molecule has 2 aromatic heterocycles. The van der Waals surface area contributed by atoms with Crippen molar-refractivity contribution in [3.63, 3.8) is 0 Å². The zero-order valence-corrected chi connectivity index (χ0v) is 18.8. The molecule has 2 saturated heterocycles. The Morgan fingerprint density at radius 3 is 2.74 bits per heavy atom. The third-order valence-corrected chi connectivity index (χ3v) is 7.36. The van der Waals surface area contributed by atoms with Crippen LogP contribution in [0.5, 0.6) is 0 Å². The molecule has 34 heavy (non-hydrogen) atoms. The zero-order valence-electron chi connectivity index (χ0n) is 18.8. The lowest BCUT2D eigenvalue weighted by atomic mass is 9.88. The fourth-order valence-corrected chi connectivity index (χ4v) is 5.50. The zero-order chi connectivity index (χ0) is 23.2. The van der Waals surface area contributed by atoms with Gasteiger partial charge in [0.1, 0.15) is 6.04 Å². The van der Waals surface area contributed by atoms with Crippen LogP contribution in [0, 0.1) is 0 Å². The monoisotopic (exact) mass is 458 g/mol. The van der Waals surface area contributed by atoms with Gasteiger partial charge in [0.25, 0.3) is 5.91 Å². The summed E-state index contributed by atoms with van der Waals surface area (Å²) < 4.78 is 2.04. The number of rotatable bonds is 4. The molecule has 9 nitrogen and oxygen atoms in total. The Morgan fingerprint density at radius 1 is 1.06 bits per heavy atom. The second-order valence-corrected chi connectivity index (χ2v) is 9.41. The number of piperidine rings is 2. The molecule has 1 aromatic carbocycles. The van der Waals surface area contributed by atoms with Crippen LogP contribution in [0.15, 0.2) is 42.9 Å². The van der Waals surface area contributed by atoms with Crippen LogP contribution < -0.4 is 5.32 Å². The van der Waals surface area contributed by atoms with Gasteiger partial charge in [-0.15, -0.1) is 0 Å². The van der Waals surface area contributed by atoms with Crippen LogP contribution in [-0.2, 0) is 22.7 Å². The van der Waals surface area contributed by atoms with Crippen molar-refractivity contribution in [3.05, 3.63) is 65.2 Å². The van der Waals surface area contributed by atoms with Crippen molar-refractivity contribution < 1.29 is 14.4 Å². The van der Waals surface area contributed by atoms with E-state index in [0.29, 0.717) is 24.4 Å². The minimum absolute atomic E-state index is 0.117. The average molecular weight is 459 g/mol. The van der Waals surface area contributed by atoms with E-state index in [4.69, 9.17) is 0 Å². The molecule has 3 aromatic rings. The molecule has 9 heteroatoms. The average Bonchev–Trinajstić information content (AvgIpc) is 3.40. The Balaban J connectivity index is 1.11. The number of nitrogens with zero attached hydrogens (tertiary/aromatic N) is 5. The van der Waals surface area contributed by atoms with Crippen molar-refractivity contribution in [1.29, 1.82) is 0 Å². The second-order valence-electron chi connectivity index (χ2n) is 9.41. The van der Waals surface area contributed by atoms with Gasteiger partial charge < -0.3 is 4.90 Å². The first-order valence-electron chi connectivity index (χ1n) is 11.8. The van der Waals surface area contributed by atoms with Crippen LogP contribution in [0.3, 0.4) is 0 Å². The van der Waals surface area contributed by atoms with E-state index in [9.17, 15) is 14.4 Å². The summed E-state index contributed by atoms with van der Waals surface area (Å²) >= 11 is 0. The largest absolute Gasteiger partial charge is 0.322 e. The fraction of sp³-hybridized carbons (Fsp3) is 0.400. The lowest BCUT2D eigenvalue weighted by molar-refractivity contribution is -0.136. The van der Waals surface area contributed by atoms with E-state index in [0.717, 1.165) is 49.5 Å². The topological polar surface area (TPSA) is 99.9 Å². The van der Waals surface area contributed by atoms with Crippen molar-refractivity contribution in [1.82, 2.24) is 29.5 Å². The predicted molar refractivity (Wildman–Crippen MR) is 123 cm³/mol. The fourth-order valence-electron chi connectivity index (χ4n) is 5.50. The van der Waals surface area contributed by atoms with E-state index in [2.05, 4.69) is 32.3 Å². The number of imide groups is 1. The molecule has 3 aliphatic rings. The predicted octanol–water partition coefficient (Wildman–Crippen LogP) is 1.87. The normalized spacial score (nSPS) is 21.8. The Hall–Kier alpha value is -3.59. The smallest absolute Gasteiger partial charge is 0.255 e. The molecule has 1 atom stereocenters. The van der Waals surface area contributed by atoms with Crippen molar-refractivity contribution in [2.45, 2.75) is 50.7 Å². The molecule has 0 radical (unpaired) electrons. The minimum atomic E-state index is -0.570. The SMILES string of the molecule is O=C1CCC(N2Cc3cc(C4CCN(Cc5cnc6ncccn56)CC4)ccc3C2=O)C(=O)N1. The molecule has 0 spiro atoms. The molecule has 1 unspecified atom stereocenters. The third-order valence-electron chi connectivity index (χ3n) is 7.36. The molecule has 2 fully saturated rings. The van der Waals surface area contributed by atoms with E-state index in [1.807, 2.05) is 28.9 Å². The summed E-state index contributed by atoms with van der Waals surface area (Å²) in [4.78, 5) is 49.4. The van der Waals surface area contributed by atoms with Gasteiger partial charge in [-0.05, 0) is 61.5 Å². The number of benzene rings is 1. The number of carbonyl (C=O) groups is 3. The van der Waals surface area contributed by atoms with E-state index < -0.39 is 6.04 Å². The maximum Gasteiger partial charge on any atom is 0.255 e. The Labute approximate surface area is 196 Å². The van der Waals surface area contributed by atoms with Gasteiger partial charge in [0.05, 0.1) is 11.9 Å². The summed E-state index contributed by atoms with van der Waals surface area (Å²) in [6.45, 7) is 3.27. The molecule has 174 valence electrons. The highest BCUT2D eigenvalue weighted by atomic mass is 16.2. The van der Waals surface area contributed by atoms with Crippen molar-refractivity contribution in [2.24, 2.45) is 0 Å². The first-order valence-corrected chi connectivity index (χ1v) is 11.8. The van der Waals surface area contributed by atoms with E-state index in [1.165, 1.54) is 5.56 Å². The van der Waals surface area contributed by atoms with Crippen LogP contribution in [0.2, 0.25) is 0 Å².